The SMILES string of the molecule is CC1CN(C(=O)c2ccc(N)cc2Cl)CC(C)O1.Cl. The minimum absolute atomic E-state index is 0. The average molecular weight is 305 g/mol. The van der Waals surface area contributed by atoms with Crippen LogP contribution in [0.4, 0.5) is 5.69 Å². The number of benzene rings is 1. The molecule has 1 fully saturated rings. The van der Waals surface area contributed by atoms with Crippen LogP contribution in [0.1, 0.15) is 24.2 Å². The molecule has 2 rings (SSSR count). The van der Waals surface area contributed by atoms with Gasteiger partial charge >= 0.3 is 0 Å². The van der Waals surface area contributed by atoms with Gasteiger partial charge in [-0.05, 0) is 32.0 Å². The second-order valence-corrected chi connectivity index (χ2v) is 5.11. The largest absolute Gasteiger partial charge is 0.399 e. The first kappa shape index (κ1) is 16.1. The van der Waals surface area contributed by atoms with Crippen LogP contribution in [0.3, 0.4) is 0 Å². The molecule has 19 heavy (non-hydrogen) atoms. The van der Waals surface area contributed by atoms with E-state index < -0.39 is 0 Å². The number of ether oxygens (including phenoxy) is 1. The highest BCUT2D eigenvalue weighted by Gasteiger charge is 2.27. The second kappa shape index (κ2) is 6.46. The Hall–Kier alpha value is -0.970. The second-order valence-electron chi connectivity index (χ2n) is 4.71. The fraction of sp³-hybridized carbons (Fsp3) is 0.462. The van der Waals surface area contributed by atoms with Gasteiger partial charge in [-0.3, -0.25) is 4.79 Å². The van der Waals surface area contributed by atoms with E-state index in [0.717, 1.165) is 0 Å². The van der Waals surface area contributed by atoms with Crippen molar-refractivity contribution in [2.24, 2.45) is 0 Å². The number of rotatable bonds is 1. The van der Waals surface area contributed by atoms with Gasteiger partial charge in [-0.25, -0.2) is 0 Å². The Morgan fingerprint density at radius 2 is 1.95 bits per heavy atom. The molecule has 0 aromatic heterocycles. The molecule has 2 N–H and O–H groups in total. The molecule has 0 bridgehead atoms. The maximum atomic E-state index is 12.4. The Labute approximate surface area is 124 Å². The first-order valence-electron chi connectivity index (χ1n) is 5.97. The van der Waals surface area contributed by atoms with E-state index in [0.29, 0.717) is 29.4 Å². The van der Waals surface area contributed by atoms with Crippen molar-refractivity contribution >= 4 is 35.6 Å². The summed E-state index contributed by atoms with van der Waals surface area (Å²) in [6.45, 7) is 5.09. The van der Waals surface area contributed by atoms with Crippen LogP contribution < -0.4 is 5.73 Å². The zero-order valence-electron chi connectivity index (χ0n) is 10.9. The van der Waals surface area contributed by atoms with E-state index in [9.17, 15) is 4.79 Å². The van der Waals surface area contributed by atoms with Crippen LogP contribution >= 0.6 is 24.0 Å². The van der Waals surface area contributed by atoms with E-state index in [1.807, 2.05) is 13.8 Å². The summed E-state index contributed by atoms with van der Waals surface area (Å²) in [6.07, 6.45) is 0.0931. The van der Waals surface area contributed by atoms with Crippen LogP contribution in [0.15, 0.2) is 18.2 Å². The maximum Gasteiger partial charge on any atom is 0.255 e. The van der Waals surface area contributed by atoms with Crippen molar-refractivity contribution < 1.29 is 9.53 Å². The molecule has 1 heterocycles. The van der Waals surface area contributed by atoms with Gasteiger partial charge in [0.1, 0.15) is 0 Å². The third-order valence-corrected chi connectivity index (χ3v) is 3.24. The van der Waals surface area contributed by atoms with Crippen molar-refractivity contribution in [1.29, 1.82) is 0 Å². The zero-order chi connectivity index (χ0) is 13.3. The number of carbonyl (C=O) groups excluding carboxylic acids is 1. The number of nitrogen functional groups attached to an aromatic ring is 1. The third kappa shape index (κ3) is 3.75. The molecule has 4 nitrogen and oxygen atoms in total. The minimum atomic E-state index is -0.0676. The lowest BCUT2D eigenvalue weighted by Crippen LogP contribution is -2.48. The van der Waals surface area contributed by atoms with Crippen molar-refractivity contribution in [2.75, 3.05) is 18.8 Å². The summed E-state index contributed by atoms with van der Waals surface area (Å²) in [5.74, 6) is -0.0676. The fourth-order valence-corrected chi connectivity index (χ4v) is 2.49. The van der Waals surface area contributed by atoms with Crippen molar-refractivity contribution in [3.8, 4) is 0 Å². The van der Waals surface area contributed by atoms with E-state index in [1.165, 1.54) is 0 Å². The maximum absolute atomic E-state index is 12.4. The molecule has 1 amide bonds. The highest BCUT2D eigenvalue weighted by Crippen LogP contribution is 2.22. The number of hydrogen-bond donors (Lipinski definition) is 1. The topological polar surface area (TPSA) is 55.6 Å². The molecule has 1 aromatic carbocycles. The predicted octanol–water partition coefficient (Wildman–Crippen LogP) is 2.59. The van der Waals surface area contributed by atoms with E-state index in [2.05, 4.69) is 0 Å². The lowest BCUT2D eigenvalue weighted by molar-refractivity contribution is -0.0586. The summed E-state index contributed by atoms with van der Waals surface area (Å²) in [5, 5.41) is 0.395. The summed E-state index contributed by atoms with van der Waals surface area (Å²) in [6, 6.07) is 4.96. The van der Waals surface area contributed by atoms with Crippen LogP contribution in [-0.2, 0) is 4.74 Å². The van der Waals surface area contributed by atoms with Crippen LogP contribution in [0.5, 0.6) is 0 Å². The van der Waals surface area contributed by atoms with Gasteiger partial charge in [0.05, 0.1) is 22.8 Å². The number of morpholine rings is 1. The van der Waals surface area contributed by atoms with Gasteiger partial charge < -0.3 is 15.4 Å². The van der Waals surface area contributed by atoms with E-state index >= 15 is 0 Å². The van der Waals surface area contributed by atoms with Crippen molar-refractivity contribution in [3.05, 3.63) is 28.8 Å². The van der Waals surface area contributed by atoms with Crippen molar-refractivity contribution in [2.45, 2.75) is 26.1 Å². The number of nitrogens with zero attached hydrogens (tertiary/aromatic N) is 1. The van der Waals surface area contributed by atoms with Gasteiger partial charge in [0.15, 0.2) is 0 Å². The first-order valence-corrected chi connectivity index (χ1v) is 6.35. The minimum Gasteiger partial charge on any atom is -0.399 e. The normalized spacial score (nSPS) is 22.8. The number of carbonyl (C=O) groups is 1. The monoisotopic (exact) mass is 304 g/mol. The van der Waals surface area contributed by atoms with E-state index in [1.54, 1.807) is 23.1 Å². The Balaban J connectivity index is 0.00000180. The molecule has 106 valence electrons. The third-order valence-electron chi connectivity index (χ3n) is 2.93. The van der Waals surface area contributed by atoms with Crippen LogP contribution in [0.25, 0.3) is 0 Å². The lowest BCUT2D eigenvalue weighted by Gasteiger charge is -2.35. The summed E-state index contributed by atoms with van der Waals surface area (Å²) < 4.78 is 5.60. The van der Waals surface area contributed by atoms with Gasteiger partial charge in [0.2, 0.25) is 0 Å². The summed E-state index contributed by atoms with van der Waals surface area (Å²) in [4.78, 5) is 14.1. The molecule has 1 aliphatic rings. The van der Waals surface area contributed by atoms with Gasteiger partial charge in [0.25, 0.3) is 5.91 Å². The van der Waals surface area contributed by atoms with Crippen LogP contribution in [0.2, 0.25) is 5.02 Å². The Morgan fingerprint density at radius 3 is 2.47 bits per heavy atom. The zero-order valence-corrected chi connectivity index (χ0v) is 12.5. The Morgan fingerprint density at radius 1 is 1.37 bits per heavy atom. The summed E-state index contributed by atoms with van der Waals surface area (Å²) >= 11 is 6.06. The summed E-state index contributed by atoms with van der Waals surface area (Å²) in [7, 11) is 0. The van der Waals surface area contributed by atoms with Crippen LogP contribution in [-0.4, -0.2) is 36.1 Å². The molecule has 2 atom stereocenters. The molecular formula is C13H18Cl2N2O2. The van der Waals surface area contributed by atoms with Crippen molar-refractivity contribution in [1.82, 2.24) is 4.90 Å². The van der Waals surface area contributed by atoms with E-state index in [4.69, 9.17) is 22.1 Å². The molecule has 0 aliphatic carbocycles. The first-order chi connectivity index (χ1) is 8.47. The Kier molecular flexibility index (Phi) is 5.47. The molecule has 1 aromatic rings. The molecular weight excluding hydrogens is 287 g/mol. The number of nitrogens with two attached hydrogens (primary N) is 1. The van der Waals surface area contributed by atoms with Crippen molar-refractivity contribution in [3.63, 3.8) is 0 Å². The highest BCUT2D eigenvalue weighted by molar-refractivity contribution is 6.34. The fourth-order valence-electron chi connectivity index (χ4n) is 2.22. The number of amides is 1. The molecule has 0 spiro atoms. The number of anilines is 1. The number of hydrogen-bond acceptors (Lipinski definition) is 3. The van der Waals surface area contributed by atoms with Gasteiger partial charge in [0, 0.05) is 18.8 Å². The standard InChI is InChI=1S/C13H17ClN2O2.ClH/c1-8-6-16(7-9(2)18-8)13(17)11-4-3-10(15)5-12(11)14;/h3-5,8-9H,6-7,15H2,1-2H3;1H. The summed E-state index contributed by atoms with van der Waals surface area (Å²) in [5.41, 5.74) is 6.67. The molecule has 1 saturated heterocycles. The molecule has 0 radical (unpaired) electrons. The van der Waals surface area contributed by atoms with Gasteiger partial charge in [-0.15, -0.1) is 12.4 Å². The van der Waals surface area contributed by atoms with E-state index in [-0.39, 0.29) is 30.5 Å². The van der Waals surface area contributed by atoms with Crippen LogP contribution in [0, 0.1) is 0 Å². The Bertz CT molecular complexity index is 458. The number of halogens is 2. The molecule has 0 saturated carbocycles. The molecule has 6 heteroatoms. The lowest BCUT2D eigenvalue weighted by atomic mass is 10.1. The van der Waals surface area contributed by atoms with Gasteiger partial charge in [-0.2, -0.15) is 0 Å². The molecule has 2 unspecified atom stereocenters. The highest BCUT2D eigenvalue weighted by atomic mass is 35.5. The van der Waals surface area contributed by atoms with Gasteiger partial charge in [-0.1, -0.05) is 11.6 Å². The quantitative estimate of drug-likeness (QED) is 0.811. The average Bonchev–Trinajstić information content (AvgIpc) is 2.26. The smallest absolute Gasteiger partial charge is 0.255 e. The predicted molar refractivity (Wildman–Crippen MR) is 79.0 cm³/mol. The molecule has 1 aliphatic heterocycles.